The number of benzene rings is 3. The summed E-state index contributed by atoms with van der Waals surface area (Å²) in [6, 6.07) is 21.3. The molecule has 0 radical (unpaired) electrons. The minimum Gasteiger partial charge on any atom is -1.00 e. The van der Waals surface area contributed by atoms with E-state index < -0.39 is 6.10 Å². The number of carbonyl (C=O) groups is 2. The van der Waals surface area contributed by atoms with Crippen LogP contribution in [0.15, 0.2) is 66.7 Å². The van der Waals surface area contributed by atoms with Crippen molar-refractivity contribution in [2.24, 2.45) is 0 Å². The van der Waals surface area contributed by atoms with Crippen LogP contribution in [0.3, 0.4) is 0 Å². The largest absolute Gasteiger partial charge is 1.00 e. The van der Waals surface area contributed by atoms with Crippen molar-refractivity contribution in [3.8, 4) is 11.5 Å². The smallest absolute Gasteiger partial charge is 0.254 e. The number of likely N-dealkylation sites (N-methyl/N-ethyl adjacent to an activating group) is 1. The molecule has 3 aromatic rings. The van der Waals surface area contributed by atoms with Crippen molar-refractivity contribution in [2.75, 3.05) is 60.7 Å². The maximum Gasteiger partial charge on any atom is 0.254 e. The van der Waals surface area contributed by atoms with E-state index in [1.54, 1.807) is 43.4 Å². The normalized spacial score (nSPS) is 16.7. The fourth-order valence-electron chi connectivity index (χ4n) is 6.26. The zero-order valence-corrected chi connectivity index (χ0v) is 27.8. The number of hydrogen-bond acceptors (Lipinski definition) is 6. The first-order chi connectivity index (χ1) is 20.8. The Bertz CT molecular complexity index is 1400. The number of fused-ring (bicyclic) bond motifs is 1. The molecule has 1 saturated heterocycles. The van der Waals surface area contributed by atoms with Gasteiger partial charge >= 0.3 is 0 Å². The molecule has 2 unspecified atom stereocenters. The van der Waals surface area contributed by atoms with Gasteiger partial charge in [0.2, 0.25) is 0 Å². The van der Waals surface area contributed by atoms with Crippen LogP contribution in [0.1, 0.15) is 37.4 Å². The predicted molar refractivity (Wildman–Crippen MR) is 163 cm³/mol. The Labute approximate surface area is 276 Å². The van der Waals surface area contributed by atoms with Crippen molar-refractivity contribution in [1.29, 1.82) is 0 Å². The predicted octanol–water partition coefficient (Wildman–Crippen LogP) is 0.0851. The van der Waals surface area contributed by atoms with Gasteiger partial charge in [-0.15, -0.1) is 0 Å². The van der Waals surface area contributed by atoms with Gasteiger partial charge in [-0.2, -0.15) is 0 Å². The lowest BCUT2D eigenvalue weighted by molar-refractivity contribution is -0.947. The summed E-state index contributed by atoms with van der Waals surface area (Å²) >= 11 is 0. The minimum atomic E-state index is -0.774. The number of nitrogens with one attached hydrogen (secondary N) is 1. The second-order valence-corrected chi connectivity index (χ2v) is 11.7. The summed E-state index contributed by atoms with van der Waals surface area (Å²) in [7, 11) is 5.47. The van der Waals surface area contributed by atoms with Gasteiger partial charge in [-0.1, -0.05) is 24.3 Å². The lowest BCUT2D eigenvalue weighted by atomic mass is 10.0. The fraction of sp³-hybridized carbons (Fsp3) is 0.412. The molecule has 1 heterocycles. The number of rotatable bonds is 11. The highest BCUT2D eigenvalue weighted by Gasteiger charge is 2.39. The summed E-state index contributed by atoms with van der Waals surface area (Å²) in [4.78, 5) is 27.5. The monoisotopic (exact) mass is 715 g/mol. The minimum absolute atomic E-state index is 0. The van der Waals surface area contributed by atoms with Gasteiger partial charge in [0.15, 0.2) is 0 Å². The van der Waals surface area contributed by atoms with E-state index in [4.69, 9.17) is 14.2 Å². The summed E-state index contributed by atoms with van der Waals surface area (Å²) in [5, 5.41) is 14.2. The Balaban J connectivity index is 0.00000442. The van der Waals surface area contributed by atoms with E-state index in [-0.39, 0.29) is 48.4 Å². The highest BCUT2D eigenvalue weighted by molar-refractivity contribution is 5.97. The fourth-order valence-corrected chi connectivity index (χ4v) is 6.26. The average Bonchev–Trinajstić information content (AvgIpc) is 3.49. The SMILES string of the molecule is COc1ccc(C[N+](C)(CC(O)CNC(=O)c2ccc(C(=O)N3CCOCC3)cc2)C2Cc3ccccc3C2)c(OC)c1.[I-]. The van der Waals surface area contributed by atoms with Crippen molar-refractivity contribution < 1.29 is 57.4 Å². The number of aliphatic hydroxyl groups is 1. The maximum atomic E-state index is 13.0. The second-order valence-electron chi connectivity index (χ2n) is 11.7. The zero-order valence-electron chi connectivity index (χ0n) is 25.6. The van der Waals surface area contributed by atoms with Crippen molar-refractivity contribution in [2.45, 2.75) is 31.5 Å². The van der Waals surface area contributed by atoms with E-state index in [9.17, 15) is 14.7 Å². The van der Waals surface area contributed by atoms with Crippen LogP contribution in [0.5, 0.6) is 11.5 Å². The van der Waals surface area contributed by atoms with Crippen molar-refractivity contribution in [1.82, 2.24) is 10.2 Å². The zero-order chi connectivity index (χ0) is 30.4. The van der Waals surface area contributed by atoms with Gasteiger partial charge in [-0.3, -0.25) is 9.59 Å². The molecular weight excluding hydrogens is 673 g/mol. The van der Waals surface area contributed by atoms with Crippen molar-refractivity contribution in [3.63, 3.8) is 0 Å². The number of morpholine rings is 1. The quantitative estimate of drug-likeness (QED) is 0.216. The summed E-state index contributed by atoms with van der Waals surface area (Å²) in [6.45, 7) is 3.40. The van der Waals surface area contributed by atoms with Crippen LogP contribution in [0.2, 0.25) is 0 Å². The molecule has 2 amide bonds. The molecular formula is C34H42IN3O6. The number of ether oxygens (including phenoxy) is 3. The molecule has 5 rings (SSSR count). The van der Waals surface area contributed by atoms with E-state index in [1.807, 2.05) is 18.2 Å². The van der Waals surface area contributed by atoms with Crippen LogP contribution in [0, 0.1) is 0 Å². The van der Waals surface area contributed by atoms with Crippen LogP contribution >= 0.6 is 0 Å². The Kier molecular flexibility index (Phi) is 11.6. The van der Waals surface area contributed by atoms with E-state index in [0.717, 1.165) is 29.9 Å². The molecule has 2 atom stereocenters. The average molecular weight is 716 g/mol. The third-order valence-electron chi connectivity index (χ3n) is 8.76. The second kappa shape index (κ2) is 15.2. The molecule has 10 heteroatoms. The molecule has 0 saturated carbocycles. The first kappa shape index (κ1) is 33.7. The first-order valence-electron chi connectivity index (χ1n) is 14.8. The topological polar surface area (TPSA) is 97.3 Å². The number of hydrogen-bond donors (Lipinski definition) is 2. The third kappa shape index (κ3) is 7.90. The summed E-state index contributed by atoms with van der Waals surface area (Å²) in [6.07, 6.45) is 1.06. The van der Waals surface area contributed by atoms with E-state index in [0.29, 0.717) is 55.0 Å². The van der Waals surface area contributed by atoms with E-state index in [1.165, 1.54) is 11.1 Å². The number of nitrogens with zero attached hydrogens (tertiary/aromatic N) is 2. The lowest BCUT2D eigenvalue weighted by Crippen LogP contribution is -3.00. The van der Waals surface area contributed by atoms with Gasteiger partial charge in [0.05, 0.1) is 40.5 Å². The number of aliphatic hydroxyl groups excluding tert-OH is 1. The number of amides is 2. The molecule has 1 aliphatic carbocycles. The molecule has 1 aliphatic heterocycles. The molecule has 1 fully saturated rings. The molecule has 0 spiro atoms. The van der Waals surface area contributed by atoms with Crippen LogP contribution in [-0.2, 0) is 24.1 Å². The third-order valence-corrected chi connectivity index (χ3v) is 8.76. The summed E-state index contributed by atoms with van der Waals surface area (Å²) < 4.78 is 17.0. The number of carbonyl (C=O) groups excluding carboxylic acids is 2. The molecule has 3 aromatic carbocycles. The van der Waals surface area contributed by atoms with E-state index >= 15 is 0 Å². The van der Waals surface area contributed by atoms with Crippen LogP contribution in [-0.4, -0.2) is 99.1 Å². The van der Waals surface area contributed by atoms with Crippen molar-refractivity contribution in [3.05, 3.63) is 94.5 Å². The number of halogens is 1. The summed E-state index contributed by atoms with van der Waals surface area (Å²) in [5.41, 5.74) is 4.70. The molecule has 9 nitrogen and oxygen atoms in total. The highest BCUT2D eigenvalue weighted by atomic mass is 127. The molecule has 44 heavy (non-hydrogen) atoms. The van der Waals surface area contributed by atoms with Gasteiger partial charge in [0.25, 0.3) is 11.8 Å². The molecule has 2 N–H and O–H groups in total. The van der Waals surface area contributed by atoms with Gasteiger partial charge in [-0.25, -0.2) is 0 Å². The van der Waals surface area contributed by atoms with Gasteiger partial charge < -0.3 is 58.0 Å². The molecule has 0 bridgehead atoms. The van der Waals surface area contributed by atoms with Crippen LogP contribution in [0.25, 0.3) is 0 Å². The van der Waals surface area contributed by atoms with Crippen molar-refractivity contribution >= 4 is 11.8 Å². The van der Waals surface area contributed by atoms with Gasteiger partial charge in [0, 0.05) is 55.2 Å². The standard InChI is InChI=1S/C34H41N3O6.HI/c1-37(29-18-26-6-4-5-7-27(26)19-29,22-28-12-13-31(41-2)20-32(28)42-3)23-30(38)21-35-33(39)24-8-10-25(11-9-24)34(40)36-14-16-43-17-15-36;/h4-13,20,29-30,38H,14-19,21-23H2,1-3H3;1H. The highest BCUT2D eigenvalue weighted by Crippen LogP contribution is 2.34. The van der Waals surface area contributed by atoms with Crippen LogP contribution < -0.4 is 38.8 Å². The van der Waals surface area contributed by atoms with E-state index in [2.05, 4.69) is 36.6 Å². The Morgan fingerprint density at radius 3 is 2.23 bits per heavy atom. The Morgan fingerprint density at radius 1 is 0.977 bits per heavy atom. The maximum absolute atomic E-state index is 13.0. The van der Waals surface area contributed by atoms with Crippen LogP contribution in [0.4, 0.5) is 0 Å². The molecule has 236 valence electrons. The Hall–Kier alpha value is -3.19. The van der Waals surface area contributed by atoms with Gasteiger partial charge in [-0.05, 0) is 47.5 Å². The number of methoxy groups -OCH3 is 2. The molecule has 2 aliphatic rings. The molecule has 0 aromatic heterocycles. The number of quaternary nitrogens is 1. The summed E-state index contributed by atoms with van der Waals surface area (Å²) in [5.74, 6) is 1.12. The Morgan fingerprint density at radius 2 is 1.61 bits per heavy atom. The first-order valence-corrected chi connectivity index (χ1v) is 14.8. The van der Waals surface area contributed by atoms with Gasteiger partial charge in [0.1, 0.15) is 30.7 Å². The lowest BCUT2D eigenvalue weighted by Gasteiger charge is -2.42.